The van der Waals surface area contributed by atoms with Crippen molar-refractivity contribution < 1.29 is 14.5 Å². The number of benzene rings is 1. The van der Waals surface area contributed by atoms with E-state index in [4.69, 9.17) is 0 Å². The molecule has 112 valence electrons. The lowest BCUT2D eigenvalue weighted by Gasteiger charge is -2.33. The zero-order chi connectivity index (χ0) is 15.4. The molecular weight excluding hydrogens is 274 g/mol. The monoisotopic (exact) mass is 291 g/mol. The molecule has 7 heteroatoms. The second kappa shape index (κ2) is 6.45. The largest absolute Gasteiger partial charge is 0.353 e. The van der Waals surface area contributed by atoms with Crippen molar-refractivity contribution >= 4 is 17.4 Å². The van der Waals surface area contributed by atoms with E-state index >= 15 is 0 Å². The molecule has 1 saturated heterocycles. The lowest BCUT2D eigenvalue weighted by molar-refractivity contribution is -0.384. The van der Waals surface area contributed by atoms with E-state index < -0.39 is 4.92 Å². The number of nitro groups is 1. The van der Waals surface area contributed by atoms with Crippen LogP contribution >= 0.6 is 0 Å². The molecule has 1 heterocycles. The standard InChI is InChI=1S/C14H17N3O4/c1-2-12-14(19)15-6-7-16(12)9-13(18)10-4-3-5-11(8-10)17(20)21/h3-5,8,12H,2,6-7,9H2,1H3,(H,15,19). The number of nitrogens with zero attached hydrogens (tertiary/aromatic N) is 2. The fourth-order valence-corrected chi connectivity index (χ4v) is 2.46. The van der Waals surface area contributed by atoms with Crippen molar-refractivity contribution in [3.05, 3.63) is 39.9 Å². The van der Waals surface area contributed by atoms with Crippen LogP contribution in [-0.2, 0) is 4.79 Å². The van der Waals surface area contributed by atoms with Crippen LogP contribution in [-0.4, -0.2) is 47.2 Å². The average molecular weight is 291 g/mol. The van der Waals surface area contributed by atoms with Crippen LogP contribution in [0.5, 0.6) is 0 Å². The van der Waals surface area contributed by atoms with E-state index in [2.05, 4.69) is 5.32 Å². The molecule has 0 bridgehead atoms. The van der Waals surface area contributed by atoms with Crippen LogP contribution in [0.15, 0.2) is 24.3 Å². The number of piperazine rings is 1. The number of carbonyl (C=O) groups excluding carboxylic acids is 2. The van der Waals surface area contributed by atoms with Gasteiger partial charge in [-0.05, 0) is 6.42 Å². The molecule has 1 atom stereocenters. The maximum Gasteiger partial charge on any atom is 0.270 e. The number of Topliss-reactive ketones (excluding diaryl/α,β-unsaturated/α-hetero) is 1. The molecule has 0 saturated carbocycles. The minimum atomic E-state index is -0.528. The molecule has 1 aliphatic heterocycles. The first-order valence-corrected chi connectivity index (χ1v) is 6.82. The van der Waals surface area contributed by atoms with E-state index in [1.54, 1.807) is 6.07 Å². The van der Waals surface area contributed by atoms with Gasteiger partial charge in [0.2, 0.25) is 5.91 Å². The molecule has 0 aromatic heterocycles. The van der Waals surface area contributed by atoms with Crippen molar-refractivity contribution in [1.29, 1.82) is 0 Å². The SMILES string of the molecule is CCC1C(=O)NCCN1CC(=O)c1cccc([N+](=O)[O-])c1. The smallest absolute Gasteiger partial charge is 0.270 e. The highest BCUT2D eigenvalue weighted by atomic mass is 16.6. The van der Waals surface area contributed by atoms with Gasteiger partial charge in [-0.2, -0.15) is 0 Å². The number of nitro benzene ring substituents is 1. The number of ketones is 1. The van der Waals surface area contributed by atoms with Crippen LogP contribution in [0, 0.1) is 10.1 Å². The van der Waals surface area contributed by atoms with Gasteiger partial charge in [-0.15, -0.1) is 0 Å². The summed E-state index contributed by atoms with van der Waals surface area (Å²) in [4.78, 5) is 36.0. The zero-order valence-corrected chi connectivity index (χ0v) is 11.7. The van der Waals surface area contributed by atoms with E-state index in [-0.39, 0.29) is 30.0 Å². The van der Waals surface area contributed by atoms with Gasteiger partial charge in [-0.1, -0.05) is 19.1 Å². The van der Waals surface area contributed by atoms with Gasteiger partial charge in [0, 0.05) is 30.8 Å². The Morgan fingerprint density at radius 3 is 2.95 bits per heavy atom. The first-order chi connectivity index (χ1) is 10.0. The highest BCUT2D eigenvalue weighted by Gasteiger charge is 2.29. The summed E-state index contributed by atoms with van der Waals surface area (Å²) in [7, 11) is 0. The molecule has 7 nitrogen and oxygen atoms in total. The number of non-ortho nitro benzene ring substituents is 1. The minimum absolute atomic E-state index is 0.0735. The Balaban J connectivity index is 2.11. The maximum atomic E-state index is 12.3. The molecular formula is C14H17N3O4. The highest BCUT2D eigenvalue weighted by Crippen LogP contribution is 2.15. The predicted molar refractivity (Wildman–Crippen MR) is 76.1 cm³/mol. The molecule has 1 aliphatic rings. The Hall–Kier alpha value is -2.28. The molecule has 21 heavy (non-hydrogen) atoms. The zero-order valence-electron chi connectivity index (χ0n) is 11.7. The third kappa shape index (κ3) is 3.43. The van der Waals surface area contributed by atoms with Gasteiger partial charge >= 0.3 is 0 Å². The summed E-state index contributed by atoms with van der Waals surface area (Å²) in [6.07, 6.45) is 0.619. The summed E-state index contributed by atoms with van der Waals surface area (Å²) in [6.45, 7) is 3.09. The summed E-state index contributed by atoms with van der Waals surface area (Å²) in [5.74, 6) is -0.289. The van der Waals surface area contributed by atoms with Crippen molar-refractivity contribution in [2.24, 2.45) is 0 Å². The average Bonchev–Trinajstić information content (AvgIpc) is 2.47. The third-order valence-corrected chi connectivity index (χ3v) is 3.55. The van der Waals surface area contributed by atoms with E-state index in [0.717, 1.165) is 0 Å². The number of nitrogens with one attached hydrogen (secondary N) is 1. The van der Waals surface area contributed by atoms with Crippen LogP contribution < -0.4 is 5.32 Å². The Kier molecular flexibility index (Phi) is 4.64. The molecule has 1 aromatic rings. The summed E-state index contributed by atoms with van der Waals surface area (Å²) in [5.41, 5.74) is 0.189. The number of rotatable bonds is 5. The molecule has 1 amide bonds. The highest BCUT2D eigenvalue weighted by molar-refractivity contribution is 5.98. The van der Waals surface area contributed by atoms with E-state index in [1.165, 1.54) is 18.2 Å². The quantitative estimate of drug-likeness (QED) is 0.496. The van der Waals surface area contributed by atoms with Crippen LogP contribution in [0.3, 0.4) is 0 Å². The summed E-state index contributed by atoms with van der Waals surface area (Å²) < 4.78 is 0. The number of hydrogen-bond donors (Lipinski definition) is 1. The lowest BCUT2D eigenvalue weighted by Crippen LogP contribution is -2.56. The van der Waals surface area contributed by atoms with Crippen molar-refractivity contribution in [3.8, 4) is 0 Å². The van der Waals surface area contributed by atoms with Gasteiger partial charge < -0.3 is 5.32 Å². The molecule has 0 aliphatic carbocycles. The Morgan fingerprint density at radius 1 is 1.52 bits per heavy atom. The van der Waals surface area contributed by atoms with Gasteiger partial charge in [-0.25, -0.2) is 0 Å². The topological polar surface area (TPSA) is 92.6 Å². The summed E-state index contributed by atoms with van der Waals surface area (Å²) in [5, 5.41) is 13.5. The number of amides is 1. The fourth-order valence-electron chi connectivity index (χ4n) is 2.46. The first kappa shape index (κ1) is 15.1. The molecule has 1 unspecified atom stereocenters. The van der Waals surface area contributed by atoms with Crippen molar-refractivity contribution in [2.45, 2.75) is 19.4 Å². The lowest BCUT2D eigenvalue weighted by atomic mass is 10.1. The van der Waals surface area contributed by atoms with Crippen LogP contribution in [0.2, 0.25) is 0 Å². The van der Waals surface area contributed by atoms with Gasteiger partial charge in [0.1, 0.15) is 0 Å². The number of hydrogen-bond acceptors (Lipinski definition) is 5. The van der Waals surface area contributed by atoms with Gasteiger partial charge in [0.15, 0.2) is 5.78 Å². The van der Waals surface area contributed by atoms with E-state index in [1.807, 2.05) is 11.8 Å². The molecule has 1 N–H and O–H groups in total. The number of carbonyl (C=O) groups is 2. The summed E-state index contributed by atoms with van der Waals surface area (Å²) in [6, 6.07) is 5.35. The molecule has 0 spiro atoms. The summed E-state index contributed by atoms with van der Waals surface area (Å²) >= 11 is 0. The molecule has 1 fully saturated rings. The molecule has 1 aromatic carbocycles. The fraction of sp³-hybridized carbons (Fsp3) is 0.429. The second-order valence-electron chi connectivity index (χ2n) is 4.92. The minimum Gasteiger partial charge on any atom is -0.353 e. The Bertz CT molecular complexity index is 573. The van der Waals surface area contributed by atoms with Crippen molar-refractivity contribution in [2.75, 3.05) is 19.6 Å². The molecule has 0 radical (unpaired) electrons. The normalized spacial score (nSPS) is 19.1. The van der Waals surface area contributed by atoms with Crippen LogP contribution in [0.25, 0.3) is 0 Å². The maximum absolute atomic E-state index is 12.3. The van der Waals surface area contributed by atoms with Crippen LogP contribution in [0.1, 0.15) is 23.7 Å². The third-order valence-electron chi connectivity index (χ3n) is 3.55. The van der Waals surface area contributed by atoms with Gasteiger partial charge in [-0.3, -0.25) is 24.6 Å². The van der Waals surface area contributed by atoms with Gasteiger partial charge in [0.25, 0.3) is 5.69 Å². The second-order valence-corrected chi connectivity index (χ2v) is 4.92. The van der Waals surface area contributed by atoms with E-state index in [9.17, 15) is 19.7 Å². The van der Waals surface area contributed by atoms with Crippen molar-refractivity contribution in [3.63, 3.8) is 0 Å². The van der Waals surface area contributed by atoms with Crippen molar-refractivity contribution in [1.82, 2.24) is 10.2 Å². The Labute approximate surface area is 122 Å². The predicted octanol–water partition coefficient (Wildman–Crippen LogP) is 0.988. The van der Waals surface area contributed by atoms with Gasteiger partial charge in [0.05, 0.1) is 17.5 Å². The first-order valence-electron chi connectivity index (χ1n) is 6.82. The Morgan fingerprint density at radius 2 is 2.29 bits per heavy atom. The van der Waals surface area contributed by atoms with E-state index in [0.29, 0.717) is 25.1 Å². The van der Waals surface area contributed by atoms with Crippen LogP contribution in [0.4, 0.5) is 5.69 Å². The molecule has 2 rings (SSSR count).